The minimum Gasteiger partial charge on any atom is -0.508 e. The van der Waals surface area contributed by atoms with Gasteiger partial charge in [-0.1, -0.05) is 58.0 Å². The number of carbonyl (C=O) groups is 12. The first-order valence-electron chi connectivity index (χ1n) is 41.7. The lowest BCUT2D eigenvalue weighted by Crippen LogP contribution is -2.60. The van der Waals surface area contributed by atoms with Crippen LogP contribution >= 0.6 is 36.2 Å². The van der Waals surface area contributed by atoms with Crippen molar-refractivity contribution in [3.8, 4) is 56.4 Å². The zero-order valence-corrected chi connectivity index (χ0v) is 74.3. The van der Waals surface area contributed by atoms with Gasteiger partial charge in [-0.3, -0.25) is 57.5 Å². The smallest absolute Gasteiger partial charge is 0.336 e. The van der Waals surface area contributed by atoms with Crippen LogP contribution in [0.5, 0.6) is 11.5 Å². The number of nitrogens with zero attached hydrogens (tertiary/aromatic N) is 1. The number of nitrogens with two attached hydrogens (primary N) is 2. The third-order valence-electron chi connectivity index (χ3n) is 21.4. The van der Waals surface area contributed by atoms with Crippen LogP contribution in [0.15, 0.2) is 171 Å². The minimum absolute atomic E-state index is 0.0579. The number of hydrogen-bond donors (Lipinski definition) is 20. The molecule has 0 fully saturated rings. The van der Waals surface area contributed by atoms with Crippen molar-refractivity contribution in [2.45, 2.75) is 141 Å². The maximum Gasteiger partial charge on any atom is 0.336 e. The molecule has 10 amide bonds. The van der Waals surface area contributed by atoms with E-state index in [0.717, 1.165) is 0 Å². The van der Waals surface area contributed by atoms with Crippen LogP contribution in [0.2, 0.25) is 0 Å². The molecule has 131 heavy (non-hydrogen) atoms. The Balaban J connectivity index is 0.796. The fourth-order valence-corrected chi connectivity index (χ4v) is 15.9. The maximum absolute atomic E-state index is 15.2. The first-order chi connectivity index (χ1) is 62.5. The van der Waals surface area contributed by atoms with Crippen molar-refractivity contribution >= 4 is 162 Å². The number of unbranched alkanes of at least 4 members (excludes halogenated alkanes) is 1. The van der Waals surface area contributed by atoms with E-state index >= 15 is 9.59 Å². The van der Waals surface area contributed by atoms with E-state index in [4.69, 9.17) is 44.7 Å². The van der Waals surface area contributed by atoms with Crippen LogP contribution < -0.4 is 86.1 Å². The monoisotopic (exact) mass is 1850 g/mol. The normalized spacial score (nSPS) is 13.2. The van der Waals surface area contributed by atoms with E-state index < -0.39 is 150 Å². The summed E-state index contributed by atoms with van der Waals surface area (Å²) in [5.74, 6) is -11.6. The number of aromatic carboxylic acids is 2. The number of carbonyl (C=O) groups excluding carboxylic acids is 10. The number of carboxylic acid groups (broad SMARTS) is 2. The molecule has 2 aliphatic carbocycles. The summed E-state index contributed by atoms with van der Waals surface area (Å²) in [7, 11) is 0. The summed E-state index contributed by atoms with van der Waals surface area (Å²) < 4.78 is 12.0. The number of imidazole rings is 1. The van der Waals surface area contributed by atoms with Gasteiger partial charge in [0.25, 0.3) is 0 Å². The molecule has 40 heteroatoms. The number of primary amides is 2. The molecule has 22 N–H and O–H groups in total. The van der Waals surface area contributed by atoms with E-state index in [0.29, 0.717) is 60.9 Å². The summed E-state index contributed by atoms with van der Waals surface area (Å²) in [6.07, 6.45) is 5.67. The van der Waals surface area contributed by atoms with Crippen molar-refractivity contribution in [2.24, 2.45) is 23.3 Å². The second kappa shape index (κ2) is 44.3. The summed E-state index contributed by atoms with van der Waals surface area (Å²) in [5, 5.41) is 76.7. The molecule has 0 unspecified atom stereocenters. The number of thioether (sulfide) groups is 1. The van der Waals surface area contributed by atoms with Crippen molar-refractivity contribution in [3.05, 3.63) is 195 Å². The van der Waals surface area contributed by atoms with Gasteiger partial charge in [0.1, 0.15) is 82.5 Å². The zero-order chi connectivity index (χ0) is 94.6. The number of phenols is 2. The van der Waals surface area contributed by atoms with Crippen LogP contribution in [-0.4, -0.2) is 190 Å². The summed E-state index contributed by atoms with van der Waals surface area (Å²) in [6, 6.07) is 21.6. The van der Waals surface area contributed by atoms with Gasteiger partial charge >= 0.3 is 11.9 Å². The molecular formula is C91H99N17O20S3. The fraction of sp³-hybridized carbons (Fsp3) is 0.308. The second-order valence-electron chi connectivity index (χ2n) is 32.0. The number of aromatic nitrogens is 3. The Morgan fingerprint density at radius 3 is 1.60 bits per heavy atom. The van der Waals surface area contributed by atoms with Crippen molar-refractivity contribution < 1.29 is 86.8 Å². The molecule has 37 nitrogen and oxygen atoms in total. The highest BCUT2D eigenvalue weighted by molar-refractivity contribution is 7.98. The molecule has 0 spiro atoms. The lowest BCUT2D eigenvalue weighted by molar-refractivity contribution is -0.135. The van der Waals surface area contributed by atoms with Crippen LogP contribution in [0.3, 0.4) is 0 Å². The first-order valence-corrected chi connectivity index (χ1v) is 44.0. The quantitative estimate of drug-likeness (QED) is 0.0110. The Morgan fingerprint density at radius 2 is 1.05 bits per heavy atom. The SMILES string of the molecule is CSCC[C@H](NC(=O)[C@H](CC(C)C)NC(=O)[C@H](Cc1c[nH]cn1)NC(=O)CNC(=O)[C@@H](NC(=O)[C@H](C)NC(=O)[C@H](Cc1c[nH]c2ccccc12)NC(=O)[C@H](CCC(N)=O)NC(=O)[C@H](CCCCNC(=S)Nc1ccc(-c2c3ccc(=O)cc-3oc3cc(O)ccc23)c(C(=O)O)c1)NC(=S)Nc1ccc(-c2c3ccc(=O)cc-3oc3cc(O)ccc23)c(C(=O)O)c1)C(C)C)C(N)=O. The number of phenolic OH excluding ortho intramolecular Hbond substituents is 2. The number of H-pyrrole nitrogens is 2. The minimum atomic E-state index is -1.65. The van der Waals surface area contributed by atoms with Crippen LogP contribution in [0.1, 0.15) is 112 Å². The molecule has 0 saturated carbocycles. The summed E-state index contributed by atoms with van der Waals surface area (Å²) >= 11 is 13.0. The molecule has 7 aromatic rings. The molecule has 0 bridgehead atoms. The molecule has 4 heterocycles. The number of anilines is 2. The number of hydrogen-bond acceptors (Lipinski definition) is 22. The fourth-order valence-electron chi connectivity index (χ4n) is 14.9. The summed E-state index contributed by atoms with van der Waals surface area (Å²) in [6.45, 7) is 7.57. The highest BCUT2D eigenvalue weighted by atomic mass is 32.2. The number of carboxylic acids is 2. The van der Waals surface area contributed by atoms with E-state index in [1.165, 1.54) is 122 Å². The molecule has 0 saturated heterocycles. The van der Waals surface area contributed by atoms with E-state index in [2.05, 4.69) is 78.8 Å². The number of amides is 10. The maximum atomic E-state index is 15.2. The predicted molar refractivity (Wildman–Crippen MR) is 499 cm³/mol. The topological polar surface area (TPSA) is 587 Å². The Bertz CT molecular complexity index is 6240. The van der Waals surface area contributed by atoms with Gasteiger partial charge in [0.15, 0.2) is 21.1 Å². The Kier molecular flexibility index (Phi) is 32.7. The molecule has 5 aromatic carbocycles. The average molecular weight is 1850 g/mol. The molecule has 4 aliphatic rings. The van der Waals surface area contributed by atoms with Crippen molar-refractivity contribution in [2.75, 3.05) is 35.7 Å². The van der Waals surface area contributed by atoms with Gasteiger partial charge in [0.2, 0.25) is 59.1 Å². The first kappa shape index (κ1) is 96.8. The summed E-state index contributed by atoms with van der Waals surface area (Å²) in [5.41, 5.74) is 14.3. The third-order valence-corrected chi connectivity index (χ3v) is 22.5. The standard InChI is InChI=1S/C91H99N17O20S3/c1-44(2)31-68(85(120)103-65(80(93)115)28-30-131-6)105-86(121)70(35-50-41-94-43-98-50)102-76(114)42-97-87(122)79(45(3)4)108-81(116)46(5)99-84(119)69(32-47-40-96-64-12-8-7-11-55(47)64)106-83(118)67(26-27-75(92)113)104-82(117)66(107-91(130)101-49-15-21-57(63(34-49)89(125)126)78-60-24-18-53(111)38-73(60)128-74-39-54(112)19-25-61(74)78)13-9-10-29-95-90(129)100-48-14-20-56(62(33-48)88(123)124)77-58-22-16-51(109)36-71(58)127-72-37-52(110)17-23-59(72)77/h7-8,11-12,14-25,33-34,36-41,43-46,65-70,79,96,109,111H,9-10,13,26-32,35,42H2,1-6H3,(H2,92,113)(H2,93,115)(H,94,98)(H,97,122)(H,99,119)(H,102,114)(H,103,120)(H,104,117)(H,105,121)(H,106,118)(H,108,116)(H,123,124)(H,125,126)(H2,95,100,129)(H2,101,107,130)/t46-,65-,66-,67-,68-,69-,70-,79-/m0/s1. The van der Waals surface area contributed by atoms with Gasteiger partial charge < -0.3 is 114 Å². The molecule has 2 aliphatic heterocycles. The van der Waals surface area contributed by atoms with Crippen molar-refractivity contribution in [1.29, 1.82) is 0 Å². The van der Waals surface area contributed by atoms with Crippen molar-refractivity contribution in [3.63, 3.8) is 0 Å². The van der Waals surface area contributed by atoms with Gasteiger partial charge in [-0.05, 0) is 189 Å². The lowest BCUT2D eigenvalue weighted by Gasteiger charge is -2.27. The predicted octanol–water partition coefficient (Wildman–Crippen LogP) is 6.49. The molecule has 11 rings (SSSR count). The zero-order valence-electron chi connectivity index (χ0n) is 71.8. The van der Waals surface area contributed by atoms with Crippen molar-refractivity contribution in [1.82, 2.24) is 68.1 Å². The van der Waals surface area contributed by atoms with E-state index in [1.54, 1.807) is 62.5 Å². The number of thiocarbonyl (C=S) groups is 2. The Morgan fingerprint density at radius 1 is 0.511 bits per heavy atom. The number of fused-ring (bicyclic) bond motifs is 5. The van der Waals surface area contributed by atoms with Crippen LogP contribution in [-0.2, 0) is 60.8 Å². The molecular weight excluding hydrogens is 1750 g/mol. The highest BCUT2D eigenvalue weighted by Crippen LogP contribution is 2.45. The molecule has 686 valence electrons. The third kappa shape index (κ3) is 25.6. The average Bonchev–Trinajstić information content (AvgIpc) is 1.66. The van der Waals surface area contributed by atoms with Gasteiger partial charge in [-0.25, -0.2) is 14.6 Å². The van der Waals surface area contributed by atoms with Gasteiger partial charge in [0, 0.05) is 118 Å². The number of benzene rings is 7. The van der Waals surface area contributed by atoms with Crippen LogP contribution in [0, 0.1) is 11.8 Å². The van der Waals surface area contributed by atoms with E-state index in [9.17, 15) is 78.0 Å². The van der Waals surface area contributed by atoms with E-state index in [1.807, 2.05) is 20.1 Å². The Labute approximate surface area is 763 Å². The van der Waals surface area contributed by atoms with Gasteiger partial charge in [-0.2, -0.15) is 11.8 Å². The molecule has 8 atom stereocenters. The second-order valence-corrected chi connectivity index (χ2v) is 33.8. The summed E-state index contributed by atoms with van der Waals surface area (Å²) in [4.78, 5) is 202. The van der Waals surface area contributed by atoms with Gasteiger partial charge in [0.05, 0.1) is 29.7 Å². The van der Waals surface area contributed by atoms with E-state index in [-0.39, 0.29) is 141 Å². The number of nitrogens with one attached hydrogen (secondary N) is 14. The number of para-hydroxylation sites is 1. The largest absolute Gasteiger partial charge is 0.508 e. The Hall–Kier alpha value is -14.8. The molecule has 2 aromatic heterocycles. The highest BCUT2D eigenvalue weighted by Gasteiger charge is 2.36. The number of rotatable bonds is 42. The van der Waals surface area contributed by atoms with Crippen LogP contribution in [0.4, 0.5) is 11.4 Å². The van der Waals surface area contributed by atoms with Crippen LogP contribution in [0.25, 0.3) is 77.7 Å². The number of aromatic amines is 2. The lowest BCUT2D eigenvalue weighted by atomic mass is 9.90. The molecule has 0 radical (unpaired) electrons. The van der Waals surface area contributed by atoms with Gasteiger partial charge in [-0.15, -0.1) is 0 Å². The number of aromatic hydroxyl groups is 2.